The molecule has 0 fully saturated rings. The zero-order valence-electron chi connectivity index (χ0n) is 17.4. The molecule has 7 nitrogen and oxygen atoms in total. The quantitative estimate of drug-likeness (QED) is 0.463. The average Bonchev–Trinajstić information content (AvgIpc) is 3.27. The third kappa shape index (κ3) is 4.83. The standard InChI is InChI=1S/C24H23N3O4/c1-16(13-17-7-5-6-12-25-17)26-24(28)21-14-18(31-27-21)15-30-23-11-10-22(29-2)19-8-3-4-9-20(19)23/h3-12,14,16H,13,15H2,1-2H3,(H,26,28)/t16-/m1/s1. The maximum Gasteiger partial charge on any atom is 0.273 e. The number of fused-ring (bicyclic) bond motifs is 1. The molecule has 0 radical (unpaired) electrons. The molecule has 2 aromatic carbocycles. The van der Waals surface area contributed by atoms with Crippen LogP contribution in [0.3, 0.4) is 0 Å². The maximum absolute atomic E-state index is 12.5. The molecule has 158 valence electrons. The molecule has 0 saturated heterocycles. The Balaban J connectivity index is 1.38. The molecule has 7 heteroatoms. The molecule has 4 rings (SSSR count). The van der Waals surface area contributed by atoms with Crippen LogP contribution in [-0.2, 0) is 13.0 Å². The fourth-order valence-corrected chi connectivity index (χ4v) is 3.37. The minimum atomic E-state index is -0.298. The maximum atomic E-state index is 12.5. The molecule has 2 aromatic heterocycles. The van der Waals surface area contributed by atoms with E-state index >= 15 is 0 Å². The lowest BCUT2D eigenvalue weighted by atomic mass is 10.1. The number of carbonyl (C=O) groups excluding carboxylic acids is 1. The summed E-state index contributed by atoms with van der Waals surface area (Å²) >= 11 is 0. The van der Waals surface area contributed by atoms with Gasteiger partial charge in [-0.2, -0.15) is 0 Å². The van der Waals surface area contributed by atoms with Gasteiger partial charge in [0, 0.05) is 41.2 Å². The molecule has 0 spiro atoms. The summed E-state index contributed by atoms with van der Waals surface area (Å²) in [7, 11) is 1.64. The number of amides is 1. The Morgan fingerprint density at radius 3 is 2.55 bits per heavy atom. The molecule has 31 heavy (non-hydrogen) atoms. The van der Waals surface area contributed by atoms with Gasteiger partial charge in [-0.05, 0) is 31.2 Å². The van der Waals surface area contributed by atoms with Gasteiger partial charge in [0.25, 0.3) is 5.91 Å². The molecule has 0 unspecified atom stereocenters. The van der Waals surface area contributed by atoms with Gasteiger partial charge in [0.15, 0.2) is 11.5 Å². The van der Waals surface area contributed by atoms with E-state index in [9.17, 15) is 4.79 Å². The number of benzene rings is 2. The number of nitrogens with one attached hydrogen (secondary N) is 1. The first-order valence-electron chi connectivity index (χ1n) is 9.99. The Labute approximate surface area is 180 Å². The summed E-state index contributed by atoms with van der Waals surface area (Å²) in [4.78, 5) is 16.7. The molecule has 0 aliphatic rings. The van der Waals surface area contributed by atoms with Crippen molar-refractivity contribution >= 4 is 16.7 Å². The number of hydrogen-bond donors (Lipinski definition) is 1. The van der Waals surface area contributed by atoms with Gasteiger partial charge < -0.3 is 19.3 Å². The first kappa shape index (κ1) is 20.4. The van der Waals surface area contributed by atoms with E-state index in [-0.39, 0.29) is 24.2 Å². The highest BCUT2D eigenvalue weighted by Crippen LogP contribution is 2.33. The third-order valence-electron chi connectivity index (χ3n) is 4.84. The summed E-state index contributed by atoms with van der Waals surface area (Å²) in [6, 6.07) is 18.8. The van der Waals surface area contributed by atoms with E-state index < -0.39 is 0 Å². The second kappa shape index (κ2) is 9.30. The van der Waals surface area contributed by atoms with Gasteiger partial charge in [0.1, 0.15) is 18.1 Å². The zero-order chi connectivity index (χ0) is 21.6. The summed E-state index contributed by atoms with van der Waals surface area (Å²) in [5.41, 5.74) is 1.13. The van der Waals surface area contributed by atoms with Gasteiger partial charge in [-0.25, -0.2) is 0 Å². The molecule has 4 aromatic rings. The predicted molar refractivity (Wildman–Crippen MR) is 116 cm³/mol. The van der Waals surface area contributed by atoms with Crippen molar-refractivity contribution in [3.05, 3.63) is 84.0 Å². The number of nitrogens with zero attached hydrogens (tertiary/aromatic N) is 2. The lowest BCUT2D eigenvalue weighted by molar-refractivity contribution is 0.0930. The fourth-order valence-electron chi connectivity index (χ4n) is 3.37. The van der Waals surface area contributed by atoms with E-state index in [1.165, 1.54) is 0 Å². The van der Waals surface area contributed by atoms with Crippen molar-refractivity contribution in [2.45, 2.75) is 26.0 Å². The normalized spacial score (nSPS) is 11.8. The van der Waals surface area contributed by atoms with Crippen LogP contribution in [0.15, 0.2) is 71.4 Å². The molecule has 0 bridgehead atoms. The number of carbonyl (C=O) groups is 1. The number of pyridine rings is 1. The number of ether oxygens (including phenoxy) is 2. The van der Waals surface area contributed by atoms with E-state index in [4.69, 9.17) is 14.0 Å². The number of aromatic nitrogens is 2. The van der Waals surface area contributed by atoms with Crippen molar-refractivity contribution in [2.24, 2.45) is 0 Å². The summed E-state index contributed by atoms with van der Waals surface area (Å²) < 4.78 is 16.6. The van der Waals surface area contributed by atoms with Crippen LogP contribution < -0.4 is 14.8 Å². The van der Waals surface area contributed by atoms with E-state index in [2.05, 4.69) is 15.5 Å². The highest BCUT2D eigenvalue weighted by Gasteiger charge is 2.16. The van der Waals surface area contributed by atoms with Gasteiger partial charge in [0.05, 0.1) is 7.11 Å². The third-order valence-corrected chi connectivity index (χ3v) is 4.84. The van der Waals surface area contributed by atoms with Crippen LogP contribution in [0.1, 0.15) is 28.9 Å². The Hall–Kier alpha value is -3.87. The van der Waals surface area contributed by atoms with Gasteiger partial charge in [-0.3, -0.25) is 9.78 Å². The van der Waals surface area contributed by atoms with Crippen LogP contribution >= 0.6 is 0 Å². The van der Waals surface area contributed by atoms with Crippen LogP contribution in [0.4, 0.5) is 0 Å². The Kier molecular flexibility index (Phi) is 6.12. The molecular weight excluding hydrogens is 394 g/mol. The number of methoxy groups -OCH3 is 1. The van der Waals surface area contributed by atoms with Gasteiger partial charge in [-0.1, -0.05) is 35.5 Å². The largest absolute Gasteiger partial charge is 0.496 e. The van der Waals surface area contributed by atoms with Crippen LogP contribution in [-0.4, -0.2) is 29.2 Å². The van der Waals surface area contributed by atoms with Crippen LogP contribution in [0.2, 0.25) is 0 Å². The van der Waals surface area contributed by atoms with Crippen LogP contribution in [0.5, 0.6) is 11.5 Å². The molecule has 1 amide bonds. The second-order valence-electron chi connectivity index (χ2n) is 7.18. The predicted octanol–water partition coefficient (Wildman–Crippen LogP) is 4.17. The highest BCUT2D eigenvalue weighted by atomic mass is 16.5. The minimum Gasteiger partial charge on any atom is -0.496 e. The lowest BCUT2D eigenvalue weighted by Crippen LogP contribution is -2.34. The van der Waals surface area contributed by atoms with E-state index in [1.807, 2.05) is 61.5 Å². The topological polar surface area (TPSA) is 86.5 Å². The molecule has 1 atom stereocenters. The summed E-state index contributed by atoms with van der Waals surface area (Å²) in [5, 5.41) is 8.68. The number of hydrogen-bond acceptors (Lipinski definition) is 6. The van der Waals surface area contributed by atoms with Gasteiger partial charge in [-0.15, -0.1) is 0 Å². The summed E-state index contributed by atoms with van der Waals surface area (Å²) in [5.74, 6) is 1.64. The number of rotatable bonds is 8. The molecule has 1 N–H and O–H groups in total. The van der Waals surface area contributed by atoms with Crippen LogP contribution in [0.25, 0.3) is 10.8 Å². The van der Waals surface area contributed by atoms with Crippen molar-refractivity contribution in [1.82, 2.24) is 15.5 Å². The van der Waals surface area contributed by atoms with Crippen molar-refractivity contribution in [2.75, 3.05) is 7.11 Å². The first-order chi connectivity index (χ1) is 15.1. The Morgan fingerprint density at radius 1 is 1.06 bits per heavy atom. The minimum absolute atomic E-state index is 0.0931. The lowest BCUT2D eigenvalue weighted by Gasteiger charge is -2.12. The van der Waals surface area contributed by atoms with E-state index in [1.54, 1.807) is 19.4 Å². The summed E-state index contributed by atoms with van der Waals surface area (Å²) in [6.45, 7) is 2.07. The molecule has 2 heterocycles. The SMILES string of the molecule is COc1ccc(OCc2cc(C(=O)N[C@H](C)Cc3ccccn3)no2)c2ccccc12. The molecule has 0 aliphatic carbocycles. The Bertz CT molecular complexity index is 1170. The second-order valence-corrected chi connectivity index (χ2v) is 7.18. The van der Waals surface area contributed by atoms with Gasteiger partial charge in [0.2, 0.25) is 0 Å². The van der Waals surface area contributed by atoms with Crippen molar-refractivity contribution in [3.8, 4) is 11.5 Å². The monoisotopic (exact) mass is 417 g/mol. The van der Waals surface area contributed by atoms with E-state index in [0.717, 1.165) is 22.2 Å². The van der Waals surface area contributed by atoms with Gasteiger partial charge >= 0.3 is 0 Å². The average molecular weight is 417 g/mol. The smallest absolute Gasteiger partial charge is 0.273 e. The van der Waals surface area contributed by atoms with Crippen LogP contribution in [0, 0.1) is 0 Å². The zero-order valence-corrected chi connectivity index (χ0v) is 17.4. The Morgan fingerprint density at radius 2 is 1.81 bits per heavy atom. The van der Waals surface area contributed by atoms with Crippen molar-refractivity contribution in [1.29, 1.82) is 0 Å². The fraction of sp³-hybridized carbons (Fsp3) is 0.208. The molecular formula is C24H23N3O4. The van der Waals surface area contributed by atoms with Crippen molar-refractivity contribution in [3.63, 3.8) is 0 Å². The molecule has 0 saturated carbocycles. The van der Waals surface area contributed by atoms with E-state index in [0.29, 0.717) is 17.9 Å². The molecule has 0 aliphatic heterocycles. The highest BCUT2D eigenvalue weighted by molar-refractivity contribution is 5.93. The first-order valence-corrected chi connectivity index (χ1v) is 9.99. The van der Waals surface area contributed by atoms with Crippen molar-refractivity contribution < 1.29 is 18.8 Å². The summed E-state index contributed by atoms with van der Waals surface area (Å²) in [6.07, 6.45) is 2.37.